The number of hydrogen-bond donors (Lipinski definition) is 0. The summed E-state index contributed by atoms with van der Waals surface area (Å²) in [5.74, 6) is 0.562. The van der Waals surface area contributed by atoms with Crippen LogP contribution in [0.1, 0.15) is 26.7 Å². The molecule has 1 unspecified atom stereocenters. The molecule has 76 valence electrons. The van der Waals surface area contributed by atoms with Crippen LogP contribution in [0, 0.1) is 5.92 Å². The maximum absolute atomic E-state index is 4.39. The summed E-state index contributed by atoms with van der Waals surface area (Å²) in [6.45, 7) is 4.28. The SMILES string of the molecule is CCC=CC(=NC)C1=CCC(C)C=N1. The Morgan fingerprint density at radius 1 is 1.71 bits per heavy atom. The lowest BCUT2D eigenvalue weighted by Crippen LogP contribution is -2.06. The molecule has 1 heterocycles. The molecule has 0 fully saturated rings. The molecule has 1 atom stereocenters. The highest BCUT2D eigenvalue weighted by atomic mass is 14.8. The van der Waals surface area contributed by atoms with Gasteiger partial charge in [-0.15, -0.1) is 0 Å². The van der Waals surface area contributed by atoms with E-state index < -0.39 is 0 Å². The smallest absolute Gasteiger partial charge is 0.0837 e. The first kappa shape index (κ1) is 10.9. The first-order valence-electron chi connectivity index (χ1n) is 5.16. The lowest BCUT2D eigenvalue weighted by atomic mass is 10.0. The second kappa shape index (κ2) is 5.53. The first-order chi connectivity index (χ1) is 6.77. The quantitative estimate of drug-likeness (QED) is 0.611. The second-order valence-electron chi connectivity index (χ2n) is 3.50. The predicted octanol–water partition coefficient (Wildman–Crippen LogP) is 3.02. The molecule has 0 amide bonds. The maximum Gasteiger partial charge on any atom is 0.0837 e. The van der Waals surface area contributed by atoms with E-state index in [9.17, 15) is 0 Å². The largest absolute Gasteiger partial charge is 0.286 e. The van der Waals surface area contributed by atoms with E-state index in [2.05, 4.69) is 36.0 Å². The zero-order chi connectivity index (χ0) is 10.4. The van der Waals surface area contributed by atoms with E-state index in [-0.39, 0.29) is 0 Å². The molecule has 0 spiro atoms. The Kier molecular flexibility index (Phi) is 4.30. The minimum absolute atomic E-state index is 0.562. The van der Waals surface area contributed by atoms with E-state index >= 15 is 0 Å². The molecular weight excluding hydrogens is 172 g/mol. The van der Waals surface area contributed by atoms with Crippen molar-refractivity contribution in [3.63, 3.8) is 0 Å². The van der Waals surface area contributed by atoms with E-state index in [1.54, 1.807) is 0 Å². The maximum atomic E-state index is 4.39. The summed E-state index contributed by atoms with van der Waals surface area (Å²) in [4.78, 5) is 8.61. The molecule has 1 aliphatic heterocycles. The highest BCUT2D eigenvalue weighted by molar-refractivity contribution is 6.09. The van der Waals surface area contributed by atoms with E-state index in [1.807, 2.05) is 19.3 Å². The summed E-state index contributed by atoms with van der Waals surface area (Å²) in [5.41, 5.74) is 1.99. The molecule has 0 aromatic heterocycles. The van der Waals surface area contributed by atoms with E-state index in [1.165, 1.54) is 0 Å². The van der Waals surface area contributed by atoms with Crippen LogP contribution in [0.4, 0.5) is 0 Å². The van der Waals surface area contributed by atoms with Gasteiger partial charge in [-0.2, -0.15) is 0 Å². The van der Waals surface area contributed by atoms with Crippen LogP contribution in [0.3, 0.4) is 0 Å². The van der Waals surface area contributed by atoms with Crippen LogP contribution < -0.4 is 0 Å². The topological polar surface area (TPSA) is 24.7 Å². The Bertz CT molecular complexity index is 293. The molecular formula is C12H18N2. The van der Waals surface area contributed by atoms with Gasteiger partial charge in [0.25, 0.3) is 0 Å². The molecule has 0 radical (unpaired) electrons. The average Bonchev–Trinajstić information content (AvgIpc) is 2.21. The molecule has 0 aromatic rings. The van der Waals surface area contributed by atoms with E-state index in [0.29, 0.717) is 5.92 Å². The Morgan fingerprint density at radius 2 is 2.50 bits per heavy atom. The van der Waals surface area contributed by atoms with Gasteiger partial charge in [0.1, 0.15) is 0 Å². The minimum Gasteiger partial charge on any atom is -0.286 e. The van der Waals surface area contributed by atoms with Crippen molar-refractivity contribution in [1.82, 2.24) is 0 Å². The Hall–Kier alpha value is -1.18. The molecule has 1 aliphatic rings. The highest BCUT2D eigenvalue weighted by Gasteiger charge is 2.07. The summed E-state index contributed by atoms with van der Waals surface area (Å²) >= 11 is 0. The monoisotopic (exact) mass is 190 g/mol. The van der Waals surface area contributed by atoms with Gasteiger partial charge < -0.3 is 0 Å². The lowest BCUT2D eigenvalue weighted by molar-refractivity contribution is 0.791. The molecule has 1 rings (SSSR count). The van der Waals surface area contributed by atoms with Crippen molar-refractivity contribution in [2.24, 2.45) is 15.9 Å². The number of nitrogens with zero attached hydrogens (tertiary/aromatic N) is 2. The predicted molar refractivity (Wildman–Crippen MR) is 63.1 cm³/mol. The van der Waals surface area contributed by atoms with Gasteiger partial charge in [-0.1, -0.05) is 26.0 Å². The van der Waals surface area contributed by atoms with Gasteiger partial charge >= 0.3 is 0 Å². The molecule has 2 nitrogen and oxygen atoms in total. The Labute approximate surface area is 86.2 Å². The normalized spacial score (nSPS) is 22.9. The number of allylic oxidation sites excluding steroid dienone is 3. The second-order valence-corrected chi connectivity index (χ2v) is 3.50. The van der Waals surface area contributed by atoms with Crippen LogP contribution in [0.2, 0.25) is 0 Å². The molecule has 0 saturated heterocycles. The number of aliphatic imine (C=N–C) groups is 2. The minimum atomic E-state index is 0.562. The Morgan fingerprint density at radius 3 is 3.00 bits per heavy atom. The van der Waals surface area contributed by atoms with E-state index in [0.717, 1.165) is 24.3 Å². The van der Waals surface area contributed by atoms with Crippen molar-refractivity contribution in [2.45, 2.75) is 26.7 Å². The van der Waals surface area contributed by atoms with Crippen molar-refractivity contribution < 1.29 is 0 Å². The molecule has 0 aromatic carbocycles. The van der Waals surface area contributed by atoms with Crippen LogP contribution >= 0.6 is 0 Å². The first-order valence-corrected chi connectivity index (χ1v) is 5.16. The summed E-state index contributed by atoms with van der Waals surface area (Å²) < 4.78 is 0. The lowest BCUT2D eigenvalue weighted by Gasteiger charge is -2.10. The summed E-state index contributed by atoms with van der Waals surface area (Å²) in [5, 5.41) is 0. The number of rotatable bonds is 3. The van der Waals surface area contributed by atoms with Crippen molar-refractivity contribution in [1.29, 1.82) is 0 Å². The van der Waals surface area contributed by atoms with Crippen LogP contribution in [0.25, 0.3) is 0 Å². The fourth-order valence-corrected chi connectivity index (χ4v) is 1.29. The van der Waals surface area contributed by atoms with Crippen molar-refractivity contribution in [3.8, 4) is 0 Å². The van der Waals surface area contributed by atoms with Crippen molar-refractivity contribution in [2.75, 3.05) is 7.05 Å². The van der Waals surface area contributed by atoms with Gasteiger partial charge in [0.15, 0.2) is 0 Å². The average molecular weight is 190 g/mol. The molecule has 14 heavy (non-hydrogen) atoms. The fraction of sp³-hybridized carbons (Fsp3) is 0.500. The van der Waals surface area contributed by atoms with E-state index in [4.69, 9.17) is 0 Å². The third kappa shape index (κ3) is 2.95. The van der Waals surface area contributed by atoms with Gasteiger partial charge in [-0.05, 0) is 24.8 Å². The zero-order valence-corrected chi connectivity index (χ0v) is 9.20. The van der Waals surface area contributed by atoms with Gasteiger partial charge in [-0.3, -0.25) is 9.98 Å². The molecule has 0 N–H and O–H groups in total. The van der Waals surface area contributed by atoms with Crippen LogP contribution in [0.15, 0.2) is 33.9 Å². The van der Waals surface area contributed by atoms with Crippen molar-refractivity contribution in [3.05, 3.63) is 23.9 Å². The zero-order valence-electron chi connectivity index (χ0n) is 9.20. The Balaban J connectivity index is 2.73. The third-order valence-electron chi connectivity index (χ3n) is 2.17. The number of hydrogen-bond acceptors (Lipinski definition) is 2. The summed E-state index contributed by atoms with van der Waals surface area (Å²) in [6.07, 6.45) is 10.4. The van der Waals surface area contributed by atoms with Crippen LogP contribution in [0.5, 0.6) is 0 Å². The molecule has 0 bridgehead atoms. The van der Waals surface area contributed by atoms with Gasteiger partial charge in [-0.25, -0.2) is 0 Å². The van der Waals surface area contributed by atoms with Crippen LogP contribution in [-0.2, 0) is 0 Å². The summed E-state index contributed by atoms with van der Waals surface area (Å²) in [7, 11) is 1.81. The van der Waals surface area contributed by atoms with Crippen LogP contribution in [-0.4, -0.2) is 19.0 Å². The fourth-order valence-electron chi connectivity index (χ4n) is 1.29. The summed E-state index contributed by atoms with van der Waals surface area (Å²) in [6, 6.07) is 0. The highest BCUT2D eigenvalue weighted by Crippen LogP contribution is 2.13. The van der Waals surface area contributed by atoms with Crippen molar-refractivity contribution >= 4 is 11.9 Å². The van der Waals surface area contributed by atoms with Gasteiger partial charge in [0, 0.05) is 13.3 Å². The molecule has 0 saturated carbocycles. The standard InChI is InChI=1S/C12H18N2/c1-4-5-6-11(13-3)12-8-7-10(2)9-14-12/h5-6,8-10H,4,7H2,1-3H3. The third-order valence-corrected chi connectivity index (χ3v) is 2.17. The molecule has 0 aliphatic carbocycles. The molecule has 2 heteroatoms. The van der Waals surface area contributed by atoms with Gasteiger partial charge in [0.2, 0.25) is 0 Å². The van der Waals surface area contributed by atoms with Gasteiger partial charge in [0.05, 0.1) is 11.4 Å².